The summed E-state index contributed by atoms with van der Waals surface area (Å²) < 4.78 is 5.82. The van der Waals surface area contributed by atoms with E-state index in [1.165, 1.54) is 38.8 Å². The van der Waals surface area contributed by atoms with Gasteiger partial charge in [-0.05, 0) is 69.9 Å². The summed E-state index contributed by atoms with van der Waals surface area (Å²) in [5, 5.41) is 2.20. The van der Waals surface area contributed by atoms with Crippen molar-refractivity contribution in [2.24, 2.45) is 5.92 Å². The van der Waals surface area contributed by atoms with Crippen LogP contribution in [-0.2, 0) is 9.59 Å². The lowest BCUT2D eigenvalue weighted by molar-refractivity contribution is -0.136. The maximum Gasteiger partial charge on any atom is 0.262 e. The number of ether oxygens (including phenoxy) is 1. The number of piperidine rings is 2. The lowest BCUT2D eigenvalue weighted by Crippen LogP contribution is -2.54. The van der Waals surface area contributed by atoms with Gasteiger partial charge in [-0.2, -0.15) is 0 Å². The first kappa shape index (κ1) is 22.5. The van der Waals surface area contributed by atoms with Gasteiger partial charge in [-0.3, -0.25) is 29.4 Å². The monoisotopic (exact) mass is 441 g/mol. The Hall–Kier alpha value is -2.74. The zero-order chi connectivity index (χ0) is 22.7. The van der Waals surface area contributed by atoms with Gasteiger partial charge in [-0.1, -0.05) is 19.3 Å². The Labute approximate surface area is 188 Å². The number of hydrogen-bond acceptors (Lipinski definition) is 6. The molecule has 3 aliphatic rings. The molecular weight excluding hydrogens is 410 g/mol. The topological polar surface area (TPSA) is 96.0 Å². The van der Waals surface area contributed by atoms with Crippen LogP contribution in [-0.4, -0.2) is 66.2 Å². The Kier molecular flexibility index (Phi) is 6.89. The molecule has 0 aromatic heterocycles. The molecule has 172 valence electrons. The maximum atomic E-state index is 12.9. The summed E-state index contributed by atoms with van der Waals surface area (Å²) in [6.07, 6.45) is 7.38. The number of imide groups is 2. The van der Waals surface area contributed by atoms with Crippen LogP contribution in [0, 0.1) is 5.92 Å². The van der Waals surface area contributed by atoms with Crippen molar-refractivity contribution in [1.82, 2.24) is 15.1 Å². The zero-order valence-electron chi connectivity index (χ0n) is 18.6. The first-order chi connectivity index (χ1) is 15.4. The predicted octanol–water partition coefficient (Wildman–Crippen LogP) is 2.37. The number of unbranched alkanes of at least 4 members (excludes halogenated alkanes) is 2. The summed E-state index contributed by atoms with van der Waals surface area (Å²) in [6, 6.07) is 3.90. The van der Waals surface area contributed by atoms with Crippen molar-refractivity contribution < 1.29 is 23.9 Å². The summed E-state index contributed by atoms with van der Waals surface area (Å²) in [6.45, 7) is 2.97. The van der Waals surface area contributed by atoms with E-state index in [9.17, 15) is 19.2 Å². The second-order valence-corrected chi connectivity index (χ2v) is 9.10. The van der Waals surface area contributed by atoms with E-state index in [1.54, 1.807) is 18.2 Å². The standard InChI is InChI=1S/C24H31N3O5/c1-26-12-10-16(11-13-26)5-3-2-4-14-32-17-6-7-18-19(15-17)24(31)27(23(18)30)20-8-9-21(28)25-22(20)29/h6-7,15-16,20H,2-5,8-14H2,1H3,(H,25,28,29). The fourth-order valence-corrected chi connectivity index (χ4v) is 4.79. The Balaban J connectivity index is 1.25. The van der Waals surface area contributed by atoms with Crippen molar-refractivity contribution in [3.8, 4) is 5.75 Å². The Morgan fingerprint density at radius 2 is 1.72 bits per heavy atom. The van der Waals surface area contributed by atoms with Crippen molar-refractivity contribution in [2.45, 2.75) is 57.4 Å². The molecule has 0 aliphatic carbocycles. The highest BCUT2D eigenvalue weighted by Crippen LogP contribution is 2.30. The zero-order valence-corrected chi connectivity index (χ0v) is 18.6. The molecule has 4 amide bonds. The molecule has 2 fully saturated rings. The molecule has 1 unspecified atom stereocenters. The minimum Gasteiger partial charge on any atom is -0.494 e. The highest BCUT2D eigenvalue weighted by atomic mass is 16.5. The van der Waals surface area contributed by atoms with Crippen LogP contribution in [0.25, 0.3) is 0 Å². The van der Waals surface area contributed by atoms with Gasteiger partial charge in [0.1, 0.15) is 11.8 Å². The number of carbonyl (C=O) groups is 4. The van der Waals surface area contributed by atoms with Crippen LogP contribution in [0.15, 0.2) is 18.2 Å². The van der Waals surface area contributed by atoms with E-state index in [-0.39, 0.29) is 29.9 Å². The average Bonchev–Trinajstić information content (AvgIpc) is 3.02. The number of carbonyl (C=O) groups excluding carboxylic acids is 4. The molecule has 3 heterocycles. The molecule has 1 atom stereocenters. The van der Waals surface area contributed by atoms with Crippen LogP contribution in [0.2, 0.25) is 0 Å². The number of fused-ring (bicyclic) bond motifs is 1. The molecule has 0 radical (unpaired) electrons. The third-order valence-electron chi connectivity index (χ3n) is 6.77. The van der Waals surface area contributed by atoms with Gasteiger partial charge in [0, 0.05) is 6.42 Å². The van der Waals surface area contributed by atoms with Gasteiger partial charge in [-0.15, -0.1) is 0 Å². The van der Waals surface area contributed by atoms with Gasteiger partial charge in [0.05, 0.1) is 17.7 Å². The number of rotatable bonds is 8. The molecule has 4 rings (SSSR count). The maximum absolute atomic E-state index is 12.9. The lowest BCUT2D eigenvalue weighted by Gasteiger charge is -2.28. The number of amides is 4. The first-order valence-electron chi connectivity index (χ1n) is 11.6. The summed E-state index contributed by atoms with van der Waals surface area (Å²) in [7, 11) is 2.18. The number of nitrogens with zero attached hydrogens (tertiary/aromatic N) is 2. The lowest BCUT2D eigenvalue weighted by atomic mass is 9.91. The van der Waals surface area contributed by atoms with Crippen molar-refractivity contribution in [1.29, 1.82) is 0 Å². The summed E-state index contributed by atoms with van der Waals surface area (Å²) in [4.78, 5) is 52.5. The van der Waals surface area contributed by atoms with Gasteiger partial charge in [0.25, 0.3) is 11.8 Å². The third-order valence-corrected chi connectivity index (χ3v) is 6.77. The van der Waals surface area contributed by atoms with Crippen molar-refractivity contribution in [3.63, 3.8) is 0 Å². The van der Waals surface area contributed by atoms with Crippen LogP contribution in [0.1, 0.15) is 72.1 Å². The van der Waals surface area contributed by atoms with Gasteiger partial charge in [0.2, 0.25) is 11.8 Å². The Morgan fingerprint density at radius 3 is 2.47 bits per heavy atom. The van der Waals surface area contributed by atoms with Crippen LogP contribution in [0.4, 0.5) is 0 Å². The molecule has 3 aliphatic heterocycles. The van der Waals surface area contributed by atoms with E-state index in [0.29, 0.717) is 12.4 Å². The van der Waals surface area contributed by atoms with E-state index in [1.807, 2.05) is 0 Å². The Bertz CT molecular complexity index is 907. The fraction of sp³-hybridized carbons (Fsp3) is 0.583. The first-order valence-corrected chi connectivity index (χ1v) is 11.6. The Morgan fingerprint density at radius 1 is 0.969 bits per heavy atom. The molecule has 0 spiro atoms. The number of benzene rings is 1. The van der Waals surface area contributed by atoms with Gasteiger partial charge >= 0.3 is 0 Å². The van der Waals surface area contributed by atoms with E-state index < -0.39 is 23.8 Å². The van der Waals surface area contributed by atoms with Crippen molar-refractivity contribution in [2.75, 3.05) is 26.7 Å². The second-order valence-electron chi connectivity index (χ2n) is 9.10. The summed E-state index contributed by atoms with van der Waals surface area (Å²) >= 11 is 0. The second kappa shape index (κ2) is 9.81. The number of nitrogens with one attached hydrogen (secondary N) is 1. The van der Waals surface area contributed by atoms with Crippen molar-refractivity contribution >= 4 is 23.6 Å². The van der Waals surface area contributed by atoms with Gasteiger partial charge < -0.3 is 9.64 Å². The molecule has 1 N–H and O–H groups in total. The molecule has 32 heavy (non-hydrogen) atoms. The smallest absolute Gasteiger partial charge is 0.262 e. The minimum atomic E-state index is -0.950. The normalized spacial score (nSPS) is 22.3. The van der Waals surface area contributed by atoms with Crippen molar-refractivity contribution in [3.05, 3.63) is 29.3 Å². The molecule has 0 saturated carbocycles. The van der Waals surface area contributed by atoms with Crippen LogP contribution < -0.4 is 10.1 Å². The molecule has 8 nitrogen and oxygen atoms in total. The highest BCUT2D eigenvalue weighted by molar-refractivity contribution is 6.23. The summed E-state index contributed by atoms with van der Waals surface area (Å²) in [5.74, 6) is -0.606. The quantitative estimate of drug-likeness (QED) is 0.492. The van der Waals surface area contributed by atoms with Crippen LogP contribution >= 0.6 is 0 Å². The molecule has 1 aromatic carbocycles. The molecule has 1 aromatic rings. The van der Waals surface area contributed by atoms with E-state index in [4.69, 9.17) is 4.74 Å². The molecule has 8 heteroatoms. The highest BCUT2D eigenvalue weighted by Gasteiger charge is 2.44. The molecule has 2 saturated heterocycles. The minimum absolute atomic E-state index is 0.107. The van der Waals surface area contributed by atoms with Gasteiger partial charge in [-0.25, -0.2) is 0 Å². The fourth-order valence-electron chi connectivity index (χ4n) is 4.79. The number of likely N-dealkylation sites (tertiary alicyclic amines) is 1. The largest absolute Gasteiger partial charge is 0.494 e. The predicted molar refractivity (Wildman–Crippen MR) is 117 cm³/mol. The molecular formula is C24H31N3O5. The average molecular weight is 442 g/mol. The van der Waals surface area contributed by atoms with Crippen LogP contribution in [0.3, 0.4) is 0 Å². The van der Waals surface area contributed by atoms with E-state index >= 15 is 0 Å². The third kappa shape index (κ3) is 4.85. The van der Waals surface area contributed by atoms with E-state index in [2.05, 4.69) is 17.3 Å². The summed E-state index contributed by atoms with van der Waals surface area (Å²) in [5.41, 5.74) is 0.518. The van der Waals surface area contributed by atoms with E-state index in [0.717, 1.165) is 23.7 Å². The number of hydrogen-bond donors (Lipinski definition) is 1. The van der Waals surface area contributed by atoms with Gasteiger partial charge in [0.15, 0.2) is 0 Å². The SMILES string of the molecule is CN1CCC(CCCCCOc2ccc3c(c2)C(=O)N(C2CCC(=O)NC2=O)C3=O)CC1. The van der Waals surface area contributed by atoms with Crippen LogP contribution in [0.5, 0.6) is 5.75 Å². The molecule has 0 bridgehead atoms.